The van der Waals surface area contributed by atoms with Crippen molar-refractivity contribution in [2.24, 2.45) is 0 Å². The van der Waals surface area contributed by atoms with Crippen LogP contribution in [-0.4, -0.2) is 11.6 Å². The van der Waals surface area contributed by atoms with Crippen LogP contribution in [0.15, 0.2) is 60.2 Å². The summed E-state index contributed by atoms with van der Waals surface area (Å²) in [6, 6.07) is 18.2. The number of thiophene rings is 1. The zero-order valence-electron chi connectivity index (χ0n) is 13.0. The van der Waals surface area contributed by atoms with Crippen LogP contribution in [0.2, 0.25) is 0 Å². The highest BCUT2D eigenvalue weighted by Gasteiger charge is 2.14. The lowest BCUT2D eigenvalue weighted by molar-refractivity contribution is -0.119. The first-order chi connectivity index (χ1) is 11.1. The van der Waals surface area contributed by atoms with Crippen molar-refractivity contribution in [3.8, 4) is 10.4 Å². The van der Waals surface area contributed by atoms with Crippen LogP contribution >= 0.6 is 11.3 Å². The number of benzene rings is 2. The van der Waals surface area contributed by atoms with Crippen LogP contribution in [-0.2, 0) is 9.59 Å². The van der Waals surface area contributed by atoms with Crippen LogP contribution in [0, 0.1) is 0 Å². The Kier molecular flexibility index (Phi) is 4.22. The standard InChI is InChI=1S/C20H16O2S/c1-13(21)18(14(2)22)12-19-16-10-6-7-11-17(16)20(23-19)15-8-4-3-5-9-15/h3-12H,1-2H3. The van der Waals surface area contributed by atoms with E-state index < -0.39 is 0 Å². The summed E-state index contributed by atoms with van der Waals surface area (Å²) in [7, 11) is 0. The second-order valence-electron chi connectivity index (χ2n) is 5.38. The minimum Gasteiger partial charge on any atom is -0.294 e. The van der Waals surface area contributed by atoms with Crippen molar-refractivity contribution in [3.05, 3.63) is 65.0 Å². The average Bonchev–Trinajstić information content (AvgIpc) is 2.91. The van der Waals surface area contributed by atoms with E-state index in [1.165, 1.54) is 13.8 Å². The van der Waals surface area contributed by atoms with Crippen molar-refractivity contribution in [1.29, 1.82) is 0 Å². The molecule has 0 aliphatic rings. The Labute approximate surface area is 139 Å². The second-order valence-corrected chi connectivity index (χ2v) is 6.43. The van der Waals surface area contributed by atoms with Crippen LogP contribution in [0.1, 0.15) is 18.7 Å². The fourth-order valence-corrected chi connectivity index (χ4v) is 3.84. The monoisotopic (exact) mass is 320 g/mol. The maximum atomic E-state index is 11.7. The van der Waals surface area contributed by atoms with Crippen molar-refractivity contribution in [2.75, 3.05) is 0 Å². The third-order valence-corrected chi connectivity index (χ3v) is 4.94. The molecular weight excluding hydrogens is 304 g/mol. The first-order valence-corrected chi connectivity index (χ1v) is 8.20. The molecule has 0 bridgehead atoms. The Morgan fingerprint density at radius 3 is 2.00 bits per heavy atom. The molecule has 3 aromatic rings. The van der Waals surface area contributed by atoms with Gasteiger partial charge in [-0.15, -0.1) is 11.3 Å². The molecule has 0 aliphatic carbocycles. The van der Waals surface area contributed by atoms with Crippen molar-refractivity contribution >= 4 is 39.8 Å². The lowest BCUT2D eigenvalue weighted by Crippen LogP contribution is -2.05. The highest BCUT2D eigenvalue weighted by molar-refractivity contribution is 7.18. The summed E-state index contributed by atoms with van der Waals surface area (Å²) in [5.41, 5.74) is 1.39. The maximum Gasteiger partial charge on any atom is 0.163 e. The summed E-state index contributed by atoms with van der Waals surface area (Å²) in [5, 5.41) is 2.21. The molecule has 0 aliphatic heterocycles. The molecule has 0 unspecified atom stereocenters. The van der Waals surface area contributed by atoms with E-state index in [0.29, 0.717) is 0 Å². The third-order valence-electron chi connectivity index (χ3n) is 3.72. The van der Waals surface area contributed by atoms with E-state index in [9.17, 15) is 9.59 Å². The molecule has 0 atom stereocenters. The smallest absolute Gasteiger partial charge is 0.163 e. The van der Waals surface area contributed by atoms with Crippen LogP contribution in [0.3, 0.4) is 0 Å². The fourth-order valence-electron chi connectivity index (χ4n) is 2.61. The van der Waals surface area contributed by atoms with Gasteiger partial charge in [-0.1, -0.05) is 54.6 Å². The largest absolute Gasteiger partial charge is 0.294 e. The van der Waals surface area contributed by atoms with E-state index in [4.69, 9.17) is 0 Å². The SMILES string of the molecule is CC(=O)C(=Cc1sc(-c2ccccc2)c2ccccc12)C(C)=O. The van der Waals surface area contributed by atoms with Crippen LogP contribution < -0.4 is 0 Å². The highest BCUT2D eigenvalue weighted by atomic mass is 32.1. The third kappa shape index (κ3) is 3.01. The summed E-state index contributed by atoms with van der Waals surface area (Å²) in [4.78, 5) is 25.5. The van der Waals surface area contributed by atoms with E-state index in [-0.39, 0.29) is 17.1 Å². The van der Waals surface area contributed by atoms with Crippen LogP contribution in [0.5, 0.6) is 0 Å². The number of fused-ring (bicyclic) bond motifs is 1. The van der Waals surface area contributed by atoms with E-state index in [1.807, 2.05) is 36.4 Å². The lowest BCUT2D eigenvalue weighted by Gasteiger charge is -1.97. The zero-order chi connectivity index (χ0) is 16.4. The minimum atomic E-state index is -0.198. The van der Waals surface area contributed by atoms with Gasteiger partial charge in [0.15, 0.2) is 11.6 Å². The van der Waals surface area contributed by atoms with Gasteiger partial charge in [0.05, 0.1) is 5.57 Å². The van der Waals surface area contributed by atoms with Crippen LogP contribution in [0.25, 0.3) is 27.3 Å². The molecule has 0 amide bonds. The van der Waals surface area contributed by atoms with Gasteiger partial charge >= 0.3 is 0 Å². The summed E-state index contributed by atoms with van der Waals surface area (Å²) in [6.07, 6.45) is 1.73. The molecule has 114 valence electrons. The molecule has 2 aromatic carbocycles. The first-order valence-electron chi connectivity index (χ1n) is 7.38. The normalized spacial score (nSPS) is 10.5. The van der Waals surface area contributed by atoms with Gasteiger partial charge in [0, 0.05) is 20.5 Å². The summed E-state index contributed by atoms with van der Waals surface area (Å²) < 4.78 is 0. The molecule has 0 saturated heterocycles. The summed E-state index contributed by atoms with van der Waals surface area (Å²) in [5.74, 6) is -0.396. The Hall–Kier alpha value is -2.52. The van der Waals surface area contributed by atoms with E-state index >= 15 is 0 Å². The number of allylic oxidation sites excluding steroid dienone is 1. The highest BCUT2D eigenvalue weighted by Crippen LogP contribution is 2.39. The molecular formula is C20H16O2S. The van der Waals surface area contributed by atoms with E-state index in [1.54, 1.807) is 17.4 Å². The van der Waals surface area contributed by atoms with Crippen LogP contribution in [0.4, 0.5) is 0 Å². The Morgan fingerprint density at radius 2 is 1.39 bits per heavy atom. The maximum absolute atomic E-state index is 11.7. The number of carbonyl (C=O) groups is 2. The van der Waals surface area contributed by atoms with Crippen molar-refractivity contribution in [3.63, 3.8) is 0 Å². The van der Waals surface area contributed by atoms with E-state index in [2.05, 4.69) is 18.2 Å². The molecule has 23 heavy (non-hydrogen) atoms. The Balaban J connectivity index is 2.26. The molecule has 0 N–H and O–H groups in total. The van der Waals surface area contributed by atoms with Gasteiger partial charge in [-0.3, -0.25) is 9.59 Å². The molecule has 0 fully saturated rings. The predicted molar refractivity (Wildman–Crippen MR) is 96.6 cm³/mol. The molecule has 0 saturated carbocycles. The number of ketones is 2. The Morgan fingerprint density at radius 1 is 0.826 bits per heavy atom. The number of hydrogen-bond acceptors (Lipinski definition) is 3. The summed E-state index contributed by atoms with van der Waals surface area (Å²) >= 11 is 1.61. The molecule has 2 nitrogen and oxygen atoms in total. The first kappa shape index (κ1) is 15.4. The van der Waals surface area contributed by atoms with Gasteiger partial charge in [0.2, 0.25) is 0 Å². The van der Waals surface area contributed by atoms with Crippen molar-refractivity contribution in [1.82, 2.24) is 0 Å². The molecule has 0 radical (unpaired) electrons. The van der Waals surface area contributed by atoms with Crippen molar-refractivity contribution < 1.29 is 9.59 Å². The van der Waals surface area contributed by atoms with Crippen molar-refractivity contribution in [2.45, 2.75) is 13.8 Å². The second kappa shape index (κ2) is 6.31. The lowest BCUT2D eigenvalue weighted by atomic mass is 10.0. The quantitative estimate of drug-likeness (QED) is 0.379. The molecule has 3 heteroatoms. The number of rotatable bonds is 4. The predicted octanol–water partition coefficient (Wildman–Crippen LogP) is 5.13. The average molecular weight is 320 g/mol. The Bertz CT molecular complexity index is 901. The van der Waals surface area contributed by atoms with Gasteiger partial charge in [0.1, 0.15) is 0 Å². The molecule has 3 rings (SSSR count). The zero-order valence-corrected chi connectivity index (χ0v) is 13.8. The van der Waals surface area contributed by atoms with Gasteiger partial charge < -0.3 is 0 Å². The van der Waals surface area contributed by atoms with Gasteiger partial charge in [-0.25, -0.2) is 0 Å². The number of Topliss-reactive ketones (excluding diaryl/α,β-unsaturated/α-hetero) is 2. The number of carbonyl (C=O) groups excluding carboxylic acids is 2. The van der Waals surface area contributed by atoms with Gasteiger partial charge in [-0.2, -0.15) is 0 Å². The number of hydrogen-bond donors (Lipinski definition) is 0. The molecule has 1 heterocycles. The van der Waals surface area contributed by atoms with Gasteiger partial charge in [0.25, 0.3) is 0 Å². The topological polar surface area (TPSA) is 34.1 Å². The minimum absolute atomic E-state index is 0.198. The molecule has 0 spiro atoms. The summed E-state index contributed by atoms with van der Waals surface area (Å²) in [6.45, 7) is 2.86. The van der Waals surface area contributed by atoms with Gasteiger partial charge in [-0.05, 0) is 25.5 Å². The fraction of sp³-hybridized carbons (Fsp3) is 0.100. The van der Waals surface area contributed by atoms with E-state index in [0.717, 1.165) is 26.1 Å². The molecule has 1 aromatic heterocycles.